The Labute approximate surface area is 86.7 Å². The van der Waals surface area contributed by atoms with Crippen LogP contribution in [-0.2, 0) is 0 Å². The molecule has 5 nitrogen and oxygen atoms in total. The lowest BCUT2D eigenvalue weighted by Gasteiger charge is -1.99. The van der Waals surface area contributed by atoms with Gasteiger partial charge in [-0.05, 0) is 24.6 Å². The molecule has 0 atom stereocenters. The van der Waals surface area contributed by atoms with Crippen LogP contribution in [0.25, 0.3) is 0 Å². The van der Waals surface area contributed by atoms with Gasteiger partial charge in [-0.1, -0.05) is 6.07 Å². The summed E-state index contributed by atoms with van der Waals surface area (Å²) >= 11 is 0. The molecule has 1 N–H and O–H groups in total. The van der Waals surface area contributed by atoms with Gasteiger partial charge >= 0.3 is 0 Å². The topological polar surface area (TPSA) is 63.3 Å². The summed E-state index contributed by atoms with van der Waals surface area (Å²) in [7, 11) is 0. The molecule has 0 spiro atoms. The summed E-state index contributed by atoms with van der Waals surface area (Å²) in [5, 5.41) is 20.8. The first-order valence-corrected chi connectivity index (χ1v) is 4.44. The van der Waals surface area contributed by atoms with Crippen LogP contribution < -0.4 is 0 Å². The lowest BCUT2D eigenvalue weighted by Crippen LogP contribution is -1.88. The molecule has 0 fully saturated rings. The maximum Gasteiger partial charge on any atom is 0.141 e. The Bertz CT molecular complexity index is 476. The van der Waals surface area contributed by atoms with Crippen LogP contribution in [0.15, 0.2) is 36.0 Å². The zero-order chi connectivity index (χ0) is 10.7. The highest BCUT2D eigenvalue weighted by Gasteiger charge is 1.97. The zero-order valence-corrected chi connectivity index (χ0v) is 8.20. The predicted octanol–water partition coefficient (Wildman–Crippen LogP) is 1.17. The van der Waals surface area contributed by atoms with Crippen LogP contribution in [0.2, 0.25) is 0 Å². The van der Waals surface area contributed by atoms with Gasteiger partial charge in [0.25, 0.3) is 0 Å². The Morgan fingerprint density at radius 3 is 2.73 bits per heavy atom. The van der Waals surface area contributed by atoms with Crippen LogP contribution in [0.1, 0.15) is 11.1 Å². The molecule has 0 saturated heterocycles. The molecule has 0 aliphatic rings. The SMILES string of the molecule is Cc1ccc(C=Nn2cnnc2)c(O)c1. The van der Waals surface area contributed by atoms with Gasteiger partial charge in [0.2, 0.25) is 0 Å². The Morgan fingerprint density at radius 2 is 2.07 bits per heavy atom. The van der Waals surface area contributed by atoms with E-state index in [0.717, 1.165) is 5.56 Å². The number of hydrogen-bond donors (Lipinski definition) is 1. The number of aromatic nitrogens is 3. The zero-order valence-electron chi connectivity index (χ0n) is 8.20. The third-order valence-corrected chi connectivity index (χ3v) is 1.92. The molecule has 0 amide bonds. The Kier molecular flexibility index (Phi) is 2.45. The molecule has 2 rings (SSSR count). The fourth-order valence-electron chi connectivity index (χ4n) is 1.15. The van der Waals surface area contributed by atoms with E-state index >= 15 is 0 Å². The van der Waals surface area contributed by atoms with Gasteiger partial charge in [-0.2, -0.15) is 5.10 Å². The molecule has 0 aliphatic heterocycles. The highest BCUT2D eigenvalue weighted by Crippen LogP contribution is 2.16. The van der Waals surface area contributed by atoms with Crippen molar-refractivity contribution >= 4 is 6.21 Å². The quantitative estimate of drug-likeness (QED) is 0.743. The van der Waals surface area contributed by atoms with Gasteiger partial charge in [0.05, 0.1) is 6.21 Å². The van der Waals surface area contributed by atoms with E-state index in [1.807, 2.05) is 13.0 Å². The number of benzene rings is 1. The van der Waals surface area contributed by atoms with E-state index in [9.17, 15) is 5.11 Å². The van der Waals surface area contributed by atoms with Crippen molar-refractivity contribution in [2.45, 2.75) is 6.92 Å². The van der Waals surface area contributed by atoms with Crippen LogP contribution in [0.4, 0.5) is 0 Å². The number of aryl methyl sites for hydroxylation is 1. The standard InChI is InChI=1S/C10H10N4O/c1-8-2-3-9(10(15)4-8)5-13-14-6-11-12-7-14/h2-7,15H,1H3. The minimum absolute atomic E-state index is 0.215. The second-order valence-corrected chi connectivity index (χ2v) is 3.15. The summed E-state index contributed by atoms with van der Waals surface area (Å²) in [6.07, 6.45) is 4.50. The molecule has 0 aliphatic carbocycles. The van der Waals surface area contributed by atoms with E-state index < -0.39 is 0 Å². The maximum atomic E-state index is 9.59. The Balaban J connectivity index is 2.24. The van der Waals surface area contributed by atoms with Crippen LogP contribution in [0.5, 0.6) is 5.75 Å². The third kappa shape index (κ3) is 2.19. The van der Waals surface area contributed by atoms with Crippen molar-refractivity contribution in [2.75, 3.05) is 0 Å². The Morgan fingerprint density at radius 1 is 1.33 bits per heavy atom. The number of phenols is 1. The third-order valence-electron chi connectivity index (χ3n) is 1.92. The van der Waals surface area contributed by atoms with Crippen molar-refractivity contribution in [2.24, 2.45) is 5.10 Å². The lowest BCUT2D eigenvalue weighted by molar-refractivity contribution is 0.474. The molecule has 2 aromatic rings. The fourth-order valence-corrected chi connectivity index (χ4v) is 1.15. The average Bonchev–Trinajstić information content (AvgIpc) is 2.69. The van der Waals surface area contributed by atoms with E-state index in [1.165, 1.54) is 17.3 Å². The first kappa shape index (κ1) is 9.39. The maximum absolute atomic E-state index is 9.59. The first-order chi connectivity index (χ1) is 7.25. The van der Waals surface area contributed by atoms with Crippen LogP contribution in [0, 0.1) is 6.92 Å². The highest BCUT2D eigenvalue weighted by molar-refractivity contribution is 5.83. The van der Waals surface area contributed by atoms with Crippen LogP contribution in [0.3, 0.4) is 0 Å². The van der Waals surface area contributed by atoms with Crippen molar-refractivity contribution in [1.29, 1.82) is 0 Å². The largest absolute Gasteiger partial charge is 0.507 e. The van der Waals surface area contributed by atoms with E-state index in [2.05, 4.69) is 15.3 Å². The van der Waals surface area contributed by atoms with Gasteiger partial charge in [0.15, 0.2) is 0 Å². The second-order valence-electron chi connectivity index (χ2n) is 3.15. The van der Waals surface area contributed by atoms with Gasteiger partial charge in [0, 0.05) is 5.56 Å². The molecule has 1 aromatic heterocycles. The number of hydrogen-bond acceptors (Lipinski definition) is 4. The molecule has 5 heteroatoms. The van der Waals surface area contributed by atoms with Gasteiger partial charge in [-0.3, -0.25) is 0 Å². The van der Waals surface area contributed by atoms with Gasteiger partial charge in [-0.15, -0.1) is 10.2 Å². The Hall–Kier alpha value is -2.17. The van der Waals surface area contributed by atoms with Gasteiger partial charge < -0.3 is 5.11 Å². The van der Waals surface area contributed by atoms with Gasteiger partial charge in [-0.25, -0.2) is 4.68 Å². The van der Waals surface area contributed by atoms with E-state index in [1.54, 1.807) is 18.3 Å². The molecular weight excluding hydrogens is 192 g/mol. The summed E-state index contributed by atoms with van der Waals surface area (Å²) in [6.45, 7) is 1.92. The van der Waals surface area contributed by atoms with Crippen LogP contribution >= 0.6 is 0 Å². The normalized spacial score (nSPS) is 11.0. The van der Waals surface area contributed by atoms with Crippen molar-refractivity contribution in [3.05, 3.63) is 42.0 Å². The van der Waals surface area contributed by atoms with Crippen molar-refractivity contribution in [3.8, 4) is 5.75 Å². The average molecular weight is 202 g/mol. The van der Waals surface area contributed by atoms with E-state index in [0.29, 0.717) is 5.56 Å². The smallest absolute Gasteiger partial charge is 0.141 e. The summed E-state index contributed by atoms with van der Waals surface area (Å²) in [5.74, 6) is 0.215. The van der Waals surface area contributed by atoms with Crippen molar-refractivity contribution in [3.63, 3.8) is 0 Å². The van der Waals surface area contributed by atoms with Gasteiger partial charge in [0.1, 0.15) is 18.4 Å². The molecule has 1 heterocycles. The van der Waals surface area contributed by atoms with Crippen molar-refractivity contribution < 1.29 is 5.11 Å². The molecule has 0 bridgehead atoms. The van der Waals surface area contributed by atoms with Crippen molar-refractivity contribution in [1.82, 2.24) is 14.9 Å². The number of nitrogens with zero attached hydrogens (tertiary/aromatic N) is 4. The monoisotopic (exact) mass is 202 g/mol. The number of aromatic hydroxyl groups is 1. The first-order valence-electron chi connectivity index (χ1n) is 4.44. The fraction of sp³-hybridized carbons (Fsp3) is 0.100. The summed E-state index contributed by atoms with van der Waals surface area (Å²) in [4.78, 5) is 0. The molecule has 0 radical (unpaired) electrons. The molecule has 15 heavy (non-hydrogen) atoms. The molecular formula is C10H10N4O. The summed E-state index contributed by atoms with van der Waals surface area (Å²) in [5.41, 5.74) is 1.67. The van der Waals surface area contributed by atoms with E-state index in [4.69, 9.17) is 0 Å². The van der Waals surface area contributed by atoms with E-state index in [-0.39, 0.29) is 5.75 Å². The molecule has 76 valence electrons. The number of rotatable bonds is 2. The second kappa shape index (κ2) is 3.91. The highest BCUT2D eigenvalue weighted by atomic mass is 16.3. The molecule has 0 unspecified atom stereocenters. The number of phenolic OH excluding ortho intramolecular Hbond substituents is 1. The lowest BCUT2D eigenvalue weighted by atomic mass is 10.1. The minimum Gasteiger partial charge on any atom is -0.507 e. The van der Waals surface area contributed by atoms with Crippen LogP contribution in [-0.4, -0.2) is 26.2 Å². The summed E-state index contributed by atoms with van der Waals surface area (Å²) < 4.78 is 1.46. The predicted molar refractivity (Wildman–Crippen MR) is 55.9 cm³/mol. The minimum atomic E-state index is 0.215. The summed E-state index contributed by atoms with van der Waals surface area (Å²) in [6, 6.07) is 5.40. The molecule has 0 saturated carbocycles. The molecule has 1 aromatic carbocycles.